The molecule has 6 nitrogen and oxygen atoms in total. The maximum Gasteiger partial charge on any atom is 0.224 e. The molecule has 0 radical (unpaired) electrons. The lowest BCUT2D eigenvalue weighted by Crippen LogP contribution is -2.42. The minimum absolute atomic E-state index is 0.123. The van der Waals surface area contributed by atoms with Crippen LogP contribution < -0.4 is 5.32 Å². The number of carbonyl (C=O) groups is 1. The van der Waals surface area contributed by atoms with Gasteiger partial charge in [-0.25, -0.2) is 0 Å². The average Bonchev–Trinajstić information content (AvgIpc) is 2.34. The topological polar surface area (TPSA) is 81.1 Å². The maximum absolute atomic E-state index is 11.5. The number of piperidine rings is 1. The lowest BCUT2D eigenvalue weighted by Gasteiger charge is -2.31. The first-order chi connectivity index (χ1) is 7.77. The molecule has 1 atom stereocenters. The lowest BCUT2D eigenvalue weighted by molar-refractivity contribution is -0.126. The van der Waals surface area contributed by atoms with Crippen molar-refractivity contribution in [3.63, 3.8) is 0 Å². The highest BCUT2D eigenvalue weighted by Crippen LogP contribution is 2.16. The van der Waals surface area contributed by atoms with E-state index in [1.807, 2.05) is 0 Å². The second-order valence-corrected chi connectivity index (χ2v) is 4.06. The minimum Gasteiger partial charge on any atom is -0.359 e. The summed E-state index contributed by atoms with van der Waals surface area (Å²) in [6.07, 6.45) is 2.91. The molecule has 0 bridgehead atoms. The molecular formula is C10H19N5O. The molecule has 0 aromatic heterocycles. The van der Waals surface area contributed by atoms with Crippen LogP contribution in [0.1, 0.15) is 19.3 Å². The lowest BCUT2D eigenvalue weighted by atomic mass is 9.97. The van der Waals surface area contributed by atoms with Crippen LogP contribution in [-0.4, -0.2) is 44.0 Å². The zero-order chi connectivity index (χ0) is 11.8. The van der Waals surface area contributed by atoms with Crippen molar-refractivity contribution in [1.82, 2.24) is 10.2 Å². The van der Waals surface area contributed by atoms with Crippen molar-refractivity contribution in [3.05, 3.63) is 10.4 Å². The van der Waals surface area contributed by atoms with E-state index >= 15 is 0 Å². The van der Waals surface area contributed by atoms with Gasteiger partial charge in [0.2, 0.25) is 5.91 Å². The largest absolute Gasteiger partial charge is 0.359 e. The van der Waals surface area contributed by atoms with Gasteiger partial charge in [0.15, 0.2) is 0 Å². The predicted octanol–water partition coefficient (Wildman–Crippen LogP) is 1.14. The molecule has 0 aromatic carbocycles. The third kappa shape index (κ3) is 4.08. The third-order valence-corrected chi connectivity index (χ3v) is 2.92. The zero-order valence-electron chi connectivity index (χ0n) is 9.72. The first-order valence-corrected chi connectivity index (χ1v) is 5.72. The van der Waals surface area contributed by atoms with Gasteiger partial charge in [-0.3, -0.25) is 4.79 Å². The predicted molar refractivity (Wildman–Crippen MR) is 61.9 cm³/mol. The van der Waals surface area contributed by atoms with Crippen molar-refractivity contribution in [2.75, 3.05) is 33.2 Å². The Hall–Kier alpha value is -1.26. The molecule has 90 valence electrons. The van der Waals surface area contributed by atoms with Crippen LogP contribution in [0.3, 0.4) is 0 Å². The number of nitrogens with zero attached hydrogens (tertiary/aromatic N) is 4. The highest BCUT2D eigenvalue weighted by Gasteiger charge is 2.24. The van der Waals surface area contributed by atoms with Gasteiger partial charge in [-0.1, -0.05) is 5.11 Å². The molecule has 0 aromatic rings. The molecule has 1 unspecified atom stereocenters. The van der Waals surface area contributed by atoms with Crippen LogP contribution in [-0.2, 0) is 4.79 Å². The van der Waals surface area contributed by atoms with Gasteiger partial charge < -0.3 is 10.2 Å². The van der Waals surface area contributed by atoms with Crippen LogP contribution in [0.4, 0.5) is 0 Å². The standard InChI is InChI=1S/C10H19N5O/c1-12-10(16)9-4-2-6-15(8-9)7-3-5-13-14-11/h9H,2-8H2,1H3,(H,12,16). The average molecular weight is 225 g/mol. The van der Waals surface area contributed by atoms with Gasteiger partial charge in [0.25, 0.3) is 0 Å². The summed E-state index contributed by atoms with van der Waals surface area (Å²) in [4.78, 5) is 16.5. The molecule has 16 heavy (non-hydrogen) atoms. The molecule has 1 amide bonds. The highest BCUT2D eigenvalue weighted by molar-refractivity contribution is 5.78. The fourth-order valence-corrected chi connectivity index (χ4v) is 2.09. The van der Waals surface area contributed by atoms with Gasteiger partial charge in [0.1, 0.15) is 0 Å². The molecule has 1 rings (SSSR count). The van der Waals surface area contributed by atoms with E-state index < -0.39 is 0 Å². The number of hydrogen-bond donors (Lipinski definition) is 1. The second-order valence-electron chi connectivity index (χ2n) is 4.06. The van der Waals surface area contributed by atoms with Gasteiger partial charge in [-0.05, 0) is 37.9 Å². The Balaban J connectivity index is 2.27. The summed E-state index contributed by atoms with van der Waals surface area (Å²) < 4.78 is 0. The van der Waals surface area contributed by atoms with Crippen molar-refractivity contribution < 1.29 is 4.79 Å². The third-order valence-electron chi connectivity index (χ3n) is 2.92. The summed E-state index contributed by atoms with van der Waals surface area (Å²) >= 11 is 0. The fraction of sp³-hybridized carbons (Fsp3) is 0.900. The molecule has 1 fully saturated rings. The van der Waals surface area contributed by atoms with Crippen molar-refractivity contribution in [3.8, 4) is 0 Å². The summed E-state index contributed by atoms with van der Waals surface area (Å²) in [5, 5.41) is 6.20. The van der Waals surface area contributed by atoms with E-state index in [1.54, 1.807) is 7.05 Å². The van der Waals surface area contributed by atoms with E-state index in [9.17, 15) is 4.79 Å². The van der Waals surface area contributed by atoms with Crippen LogP contribution in [0.15, 0.2) is 5.11 Å². The number of nitrogens with one attached hydrogen (secondary N) is 1. The van der Waals surface area contributed by atoms with Crippen molar-refractivity contribution in [2.24, 2.45) is 11.0 Å². The molecule has 0 spiro atoms. The molecule has 1 aliphatic heterocycles. The van der Waals surface area contributed by atoms with Crippen molar-refractivity contribution in [1.29, 1.82) is 0 Å². The molecule has 6 heteroatoms. The zero-order valence-corrected chi connectivity index (χ0v) is 9.72. The smallest absolute Gasteiger partial charge is 0.224 e. The SMILES string of the molecule is CNC(=O)C1CCCN(CCCN=[N+]=[N-])C1. The van der Waals surface area contributed by atoms with Gasteiger partial charge >= 0.3 is 0 Å². The summed E-state index contributed by atoms with van der Waals surface area (Å²) in [7, 11) is 1.68. The Morgan fingerprint density at radius 3 is 3.19 bits per heavy atom. The van der Waals surface area contributed by atoms with Crippen LogP contribution >= 0.6 is 0 Å². The van der Waals surface area contributed by atoms with E-state index in [2.05, 4.69) is 20.2 Å². The first-order valence-electron chi connectivity index (χ1n) is 5.72. The van der Waals surface area contributed by atoms with Gasteiger partial charge in [-0.2, -0.15) is 0 Å². The van der Waals surface area contributed by atoms with Gasteiger partial charge in [-0.15, -0.1) is 0 Å². The Morgan fingerprint density at radius 2 is 2.50 bits per heavy atom. The minimum atomic E-state index is 0.123. The highest BCUT2D eigenvalue weighted by atomic mass is 16.1. The molecule has 1 N–H and O–H groups in total. The van der Waals surface area contributed by atoms with E-state index in [4.69, 9.17) is 5.53 Å². The van der Waals surface area contributed by atoms with Crippen molar-refractivity contribution in [2.45, 2.75) is 19.3 Å². The van der Waals surface area contributed by atoms with Crippen LogP contribution in [0.25, 0.3) is 10.4 Å². The molecule has 1 saturated heterocycles. The monoisotopic (exact) mass is 225 g/mol. The number of rotatable bonds is 5. The van der Waals surface area contributed by atoms with Gasteiger partial charge in [0.05, 0.1) is 5.92 Å². The Kier molecular flexibility index (Phi) is 5.67. The Labute approximate surface area is 95.6 Å². The number of carbonyl (C=O) groups excluding carboxylic acids is 1. The van der Waals surface area contributed by atoms with E-state index in [0.717, 1.165) is 38.9 Å². The summed E-state index contributed by atoms with van der Waals surface area (Å²) in [6, 6.07) is 0. The van der Waals surface area contributed by atoms with E-state index in [1.165, 1.54) is 0 Å². The maximum atomic E-state index is 11.5. The molecule has 1 heterocycles. The summed E-state index contributed by atoms with van der Waals surface area (Å²) in [6.45, 7) is 3.32. The molecule has 1 aliphatic rings. The van der Waals surface area contributed by atoms with Crippen LogP contribution in [0, 0.1) is 5.92 Å². The fourth-order valence-electron chi connectivity index (χ4n) is 2.09. The Bertz CT molecular complexity index is 274. The first kappa shape index (κ1) is 12.8. The molecule has 0 saturated carbocycles. The number of amides is 1. The van der Waals surface area contributed by atoms with E-state index in [0.29, 0.717) is 6.54 Å². The number of likely N-dealkylation sites (tertiary alicyclic amines) is 1. The molecule has 0 aliphatic carbocycles. The van der Waals surface area contributed by atoms with Crippen LogP contribution in [0.5, 0.6) is 0 Å². The van der Waals surface area contributed by atoms with Crippen LogP contribution in [0.2, 0.25) is 0 Å². The number of hydrogen-bond acceptors (Lipinski definition) is 3. The number of azide groups is 1. The van der Waals surface area contributed by atoms with Crippen molar-refractivity contribution >= 4 is 5.91 Å². The molecular weight excluding hydrogens is 206 g/mol. The second kappa shape index (κ2) is 7.09. The quantitative estimate of drug-likeness (QED) is 0.329. The normalized spacial score (nSPS) is 21.2. The summed E-state index contributed by atoms with van der Waals surface area (Å²) in [5.74, 6) is 0.262. The van der Waals surface area contributed by atoms with E-state index in [-0.39, 0.29) is 11.8 Å². The Morgan fingerprint density at radius 1 is 1.69 bits per heavy atom. The van der Waals surface area contributed by atoms with Gasteiger partial charge in [0, 0.05) is 25.0 Å². The summed E-state index contributed by atoms with van der Waals surface area (Å²) in [5.41, 5.74) is 8.14.